The predicted molar refractivity (Wildman–Crippen MR) is 154 cm³/mol. The predicted octanol–water partition coefficient (Wildman–Crippen LogP) is 3.88. The van der Waals surface area contributed by atoms with Crippen LogP contribution >= 0.6 is 0 Å². The number of rotatable bonds is 6. The van der Waals surface area contributed by atoms with Crippen molar-refractivity contribution in [3.05, 3.63) is 40.7 Å². The third kappa shape index (κ3) is 5.40. The molecule has 2 aliphatic heterocycles. The third-order valence-electron chi connectivity index (χ3n) is 9.19. The molecule has 2 fully saturated rings. The normalized spacial score (nSPS) is 23.3. The van der Waals surface area contributed by atoms with Crippen LogP contribution in [0.1, 0.15) is 60.4 Å². The minimum atomic E-state index is -0.984. The highest BCUT2D eigenvalue weighted by atomic mass is 16.5. The van der Waals surface area contributed by atoms with Crippen LogP contribution in [0.5, 0.6) is 6.01 Å². The number of aromatic amines is 1. The number of likely N-dealkylation sites (tertiary alicyclic amines) is 1. The maximum Gasteiger partial charge on any atom is 0.407 e. The van der Waals surface area contributed by atoms with Gasteiger partial charge in [-0.25, -0.2) is 4.79 Å². The smallest absolute Gasteiger partial charge is 0.407 e. The lowest BCUT2D eigenvalue weighted by Gasteiger charge is -2.40. The number of hydrogen-bond acceptors (Lipinski definition) is 8. The second kappa shape index (κ2) is 11.5. The van der Waals surface area contributed by atoms with Crippen molar-refractivity contribution in [2.75, 3.05) is 44.7 Å². The summed E-state index contributed by atoms with van der Waals surface area (Å²) in [6, 6.07) is 6.74. The number of hydrogen-bond donors (Lipinski definition) is 2. The van der Waals surface area contributed by atoms with Crippen LogP contribution in [-0.4, -0.2) is 93.1 Å². The lowest BCUT2D eigenvalue weighted by atomic mass is 9.86. The zero-order valence-electron chi connectivity index (χ0n) is 23.8. The van der Waals surface area contributed by atoms with Crippen molar-refractivity contribution >= 4 is 22.8 Å². The number of amides is 1. The van der Waals surface area contributed by atoms with E-state index in [4.69, 9.17) is 14.7 Å². The summed E-state index contributed by atoms with van der Waals surface area (Å²) in [6.07, 6.45) is 6.97. The minimum Gasteiger partial charge on any atom is -0.465 e. The summed E-state index contributed by atoms with van der Waals surface area (Å²) in [5.41, 5.74) is 5.75. The fourth-order valence-electron chi connectivity index (χ4n) is 6.98. The van der Waals surface area contributed by atoms with Gasteiger partial charge in [0.1, 0.15) is 12.4 Å². The molecule has 3 aromatic rings. The Balaban J connectivity index is 1.36. The van der Waals surface area contributed by atoms with E-state index in [2.05, 4.69) is 52.2 Å². The highest BCUT2D eigenvalue weighted by Crippen LogP contribution is 2.39. The van der Waals surface area contributed by atoms with Crippen molar-refractivity contribution in [2.24, 2.45) is 0 Å². The number of nitrogens with one attached hydrogen (secondary N) is 1. The lowest BCUT2D eigenvalue weighted by molar-refractivity contribution is 0.119. The number of H-pyrrole nitrogens is 1. The zero-order valence-corrected chi connectivity index (χ0v) is 23.8. The van der Waals surface area contributed by atoms with E-state index < -0.39 is 12.1 Å². The summed E-state index contributed by atoms with van der Waals surface area (Å²) in [5.74, 6) is 1.11. The molecule has 4 heterocycles. The summed E-state index contributed by atoms with van der Waals surface area (Å²) >= 11 is 0. The second-order valence-corrected chi connectivity index (χ2v) is 11.7. The molecule has 6 rings (SSSR count). The molecular weight excluding hydrogens is 520 g/mol. The molecule has 11 nitrogen and oxygen atoms in total. The van der Waals surface area contributed by atoms with Crippen LogP contribution in [0.3, 0.4) is 0 Å². The van der Waals surface area contributed by atoms with Gasteiger partial charge < -0.3 is 24.5 Å². The SMILES string of the molecule is Cc1ccc2[nH]ncc2c1C1CCCc2c(nc(OCC3CCCN3C)nc2N2CCN(C(=O)O)[C@@H](CC#N)C2)C1. The van der Waals surface area contributed by atoms with Crippen LogP contribution in [0.4, 0.5) is 10.6 Å². The topological polar surface area (TPSA) is 134 Å². The van der Waals surface area contributed by atoms with Crippen LogP contribution in [0.25, 0.3) is 10.9 Å². The molecule has 0 saturated carbocycles. The van der Waals surface area contributed by atoms with Gasteiger partial charge >= 0.3 is 12.1 Å². The Kier molecular flexibility index (Phi) is 7.67. The van der Waals surface area contributed by atoms with Gasteiger partial charge in [-0.3, -0.25) is 5.10 Å². The minimum absolute atomic E-state index is 0.142. The largest absolute Gasteiger partial charge is 0.465 e. The van der Waals surface area contributed by atoms with E-state index in [0.29, 0.717) is 38.3 Å². The molecule has 0 radical (unpaired) electrons. The molecule has 2 N–H and O–H groups in total. The molecule has 1 aromatic carbocycles. The number of anilines is 1. The maximum absolute atomic E-state index is 11.9. The average Bonchev–Trinajstić information content (AvgIpc) is 3.54. The number of aromatic nitrogens is 4. The average molecular weight is 559 g/mol. The molecule has 2 unspecified atom stereocenters. The van der Waals surface area contributed by atoms with E-state index in [-0.39, 0.29) is 12.3 Å². The van der Waals surface area contributed by atoms with Gasteiger partial charge in [0.15, 0.2) is 0 Å². The van der Waals surface area contributed by atoms with Crippen LogP contribution in [-0.2, 0) is 12.8 Å². The molecule has 1 amide bonds. The fraction of sp³-hybridized carbons (Fsp3) is 0.567. The van der Waals surface area contributed by atoms with Gasteiger partial charge in [0.25, 0.3) is 0 Å². The molecule has 216 valence electrons. The maximum atomic E-state index is 11.9. The Hall–Kier alpha value is -3.91. The Labute approximate surface area is 240 Å². The standard InChI is InChI=1S/C30H38N8O3/c1-19-8-9-25-24(16-32-35-25)27(19)20-5-3-7-23-26(15-20)33-29(41-18-22-6-4-12-36(22)2)34-28(23)37-13-14-38(30(39)40)21(17-37)10-11-31/h8-9,16,20-22H,3-7,10,12-15,17-18H2,1-2H3,(H,32,35)(H,39,40)/t20?,21-,22?/m0/s1. The van der Waals surface area contributed by atoms with Crippen molar-refractivity contribution < 1.29 is 14.6 Å². The van der Waals surface area contributed by atoms with Gasteiger partial charge in [-0.15, -0.1) is 0 Å². The molecule has 3 atom stereocenters. The number of nitrogens with zero attached hydrogens (tertiary/aromatic N) is 7. The van der Waals surface area contributed by atoms with Gasteiger partial charge in [-0.2, -0.15) is 20.3 Å². The third-order valence-corrected chi connectivity index (χ3v) is 9.19. The number of benzene rings is 1. The van der Waals surface area contributed by atoms with Crippen molar-refractivity contribution in [1.29, 1.82) is 5.26 Å². The molecular formula is C30H38N8O3. The van der Waals surface area contributed by atoms with Crippen LogP contribution in [0, 0.1) is 18.3 Å². The van der Waals surface area contributed by atoms with E-state index in [1.54, 1.807) is 0 Å². The van der Waals surface area contributed by atoms with Gasteiger partial charge in [0, 0.05) is 36.6 Å². The molecule has 11 heteroatoms. The first-order valence-corrected chi connectivity index (χ1v) is 14.7. The highest BCUT2D eigenvalue weighted by Gasteiger charge is 2.34. The van der Waals surface area contributed by atoms with Crippen molar-refractivity contribution in [3.63, 3.8) is 0 Å². The van der Waals surface area contributed by atoms with E-state index >= 15 is 0 Å². The molecule has 2 aromatic heterocycles. The van der Waals surface area contributed by atoms with E-state index in [0.717, 1.165) is 73.0 Å². The first kappa shape index (κ1) is 27.3. The number of aryl methyl sites for hydroxylation is 1. The van der Waals surface area contributed by atoms with Crippen LogP contribution in [0.2, 0.25) is 0 Å². The van der Waals surface area contributed by atoms with Crippen molar-refractivity contribution in [2.45, 2.75) is 69.9 Å². The van der Waals surface area contributed by atoms with Crippen LogP contribution in [0.15, 0.2) is 18.3 Å². The molecule has 0 spiro atoms. The van der Waals surface area contributed by atoms with Gasteiger partial charge in [0.2, 0.25) is 0 Å². The molecule has 2 saturated heterocycles. The van der Waals surface area contributed by atoms with E-state index in [1.807, 2.05) is 6.20 Å². The zero-order chi connectivity index (χ0) is 28.5. The molecule has 0 bridgehead atoms. The Bertz CT molecular complexity index is 1470. The molecule has 1 aliphatic carbocycles. The second-order valence-electron chi connectivity index (χ2n) is 11.7. The highest BCUT2D eigenvalue weighted by molar-refractivity contribution is 5.83. The summed E-state index contributed by atoms with van der Waals surface area (Å²) in [6.45, 7) is 5.04. The van der Waals surface area contributed by atoms with Crippen molar-refractivity contribution in [1.82, 2.24) is 30.0 Å². The first-order valence-electron chi connectivity index (χ1n) is 14.7. The summed E-state index contributed by atoms with van der Waals surface area (Å²) in [4.78, 5) is 27.7. The van der Waals surface area contributed by atoms with Gasteiger partial charge in [-0.05, 0) is 82.2 Å². The Morgan fingerprint density at radius 3 is 2.85 bits per heavy atom. The number of fused-ring (bicyclic) bond motifs is 2. The number of carbonyl (C=O) groups is 1. The summed E-state index contributed by atoms with van der Waals surface area (Å²) < 4.78 is 6.29. The Morgan fingerprint density at radius 2 is 2.07 bits per heavy atom. The number of ether oxygens (including phenoxy) is 1. The number of likely N-dealkylation sites (N-methyl/N-ethyl adjacent to an activating group) is 1. The lowest BCUT2D eigenvalue weighted by Crippen LogP contribution is -2.55. The molecule has 3 aliphatic rings. The van der Waals surface area contributed by atoms with E-state index in [1.165, 1.54) is 16.0 Å². The molecule has 41 heavy (non-hydrogen) atoms. The van der Waals surface area contributed by atoms with Gasteiger partial charge in [0.05, 0.1) is 35.9 Å². The van der Waals surface area contributed by atoms with Gasteiger partial charge in [-0.1, -0.05) is 6.07 Å². The number of carboxylic acid groups (broad SMARTS) is 1. The Morgan fingerprint density at radius 1 is 1.20 bits per heavy atom. The monoisotopic (exact) mass is 558 g/mol. The van der Waals surface area contributed by atoms with Crippen molar-refractivity contribution in [3.8, 4) is 12.1 Å². The number of piperazine rings is 1. The summed E-state index contributed by atoms with van der Waals surface area (Å²) in [5, 5.41) is 27.7. The summed E-state index contributed by atoms with van der Waals surface area (Å²) in [7, 11) is 2.13. The van der Waals surface area contributed by atoms with Crippen LogP contribution < -0.4 is 9.64 Å². The quantitative estimate of drug-likeness (QED) is 0.432. The fourth-order valence-corrected chi connectivity index (χ4v) is 6.98. The van der Waals surface area contributed by atoms with E-state index in [9.17, 15) is 15.2 Å². The first-order chi connectivity index (χ1) is 19.9. The number of nitriles is 1.